The van der Waals surface area contributed by atoms with Crippen molar-refractivity contribution in [1.82, 2.24) is 5.32 Å². The predicted octanol–water partition coefficient (Wildman–Crippen LogP) is 2.72. The smallest absolute Gasteiger partial charge is 0.330 e. The van der Waals surface area contributed by atoms with Crippen LogP contribution in [-0.4, -0.2) is 30.7 Å². The number of carbonyl (C=O) groups is 2. The first-order valence-corrected chi connectivity index (χ1v) is 8.02. The van der Waals surface area contributed by atoms with Crippen LogP contribution in [0.5, 0.6) is 11.5 Å². The Morgan fingerprint density at radius 2 is 1.92 bits per heavy atom. The molecule has 26 heavy (non-hydrogen) atoms. The van der Waals surface area contributed by atoms with Crippen LogP contribution in [0.25, 0.3) is 0 Å². The van der Waals surface area contributed by atoms with Gasteiger partial charge >= 0.3 is 5.97 Å². The van der Waals surface area contributed by atoms with Gasteiger partial charge in [-0.05, 0) is 35.7 Å². The van der Waals surface area contributed by atoms with Gasteiger partial charge in [0.25, 0.3) is 5.91 Å². The van der Waals surface area contributed by atoms with Crippen LogP contribution in [0.3, 0.4) is 0 Å². The summed E-state index contributed by atoms with van der Waals surface area (Å²) in [6, 6.07) is 9.58. The van der Waals surface area contributed by atoms with Crippen LogP contribution in [0.15, 0.2) is 42.5 Å². The van der Waals surface area contributed by atoms with E-state index in [2.05, 4.69) is 5.32 Å². The monoisotopic (exact) mass is 361 g/mol. The zero-order valence-electron chi connectivity index (χ0n) is 14.5. The van der Waals surface area contributed by atoms with Crippen molar-refractivity contribution in [3.63, 3.8) is 0 Å². The molecule has 0 heterocycles. The summed E-state index contributed by atoms with van der Waals surface area (Å²) in [4.78, 5) is 23.6. The van der Waals surface area contributed by atoms with Crippen LogP contribution in [-0.2, 0) is 16.0 Å². The number of amides is 1. The minimum Gasteiger partial charge on any atom is -0.494 e. The molecule has 1 unspecified atom stereocenters. The van der Waals surface area contributed by atoms with E-state index in [9.17, 15) is 19.1 Å². The zero-order chi connectivity index (χ0) is 19.1. The van der Waals surface area contributed by atoms with E-state index in [1.165, 1.54) is 19.2 Å². The van der Waals surface area contributed by atoms with E-state index in [-0.39, 0.29) is 17.9 Å². The van der Waals surface area contributed by atoms with Crippen molar-refractivity contribution < 1.29 is 28.6 Å². The first kappa shape index (κ1) is 19.2. The fourth-order valence-electron chi connectivity index (χ4n) is 2.43. The van der Waals surface area contributed by atoms with Gasteiger partial charge in [-0.1, -0.05) is 31.2 Å². The second-order valence-corrected chi connectivity index (χ2v) is 5.48. The number of carboxylic acids is 1. The average Bonchev–Trinajstić information content (AvgIpc) is 2.64. The average molecular weight is 361 g/mol. The highest BCUT2D eigenvalue weighted by Crippen LogP contribution is 2.22. The molecule has 1 atom stereocenters. The number of halogens is 1. The number of nitrogens with one attached hydrogen (secondary N) is 1. The number of methoxy groups -OCH3 is 1. The summed E-state index contributed by atoms with van der Waals surface area (Å²) in [6.07, 6.45) is 0.737. The van der Waals surface area contributed by atoms with Gasteiger partial charge in [-0.25, -0.2) is 9.18 Å². The number of aliphatic carboxylic acids is 1. The highest BCUT2D eigenvalue weighted by atomic mass is 19.1. The third-order valence-electron chi connectivity index (χ3n) is 3.77. The maximum absolute atomic E-state index is 13.8. The summed E-state index contributed by atoms with van der Waals surface area (Å²) in [6.45, 7) is 1.61. The van der Waals surface area contributed by atoms with Gasteiger partial charge in [-0.3, -0.25) is 4.79 Å². The van der Waals surface area contributed by atoms with E-state index in [1.807, 2.05) is 19.1 Å². The minimum absolute atomic E-state index is 0.0104. The SMILES string of the molecule is CCc1ccccc1OCC(=O)NC(C(=O)O)c1ccc(OC)c(F)c1. The molecule has 6 nitrogen and oxygen atoms in total. The molecule has 138 valence electrons. The summed E-state index contributed by atoms with van der Waals surface area (Å²) in [5.41, 5.74) is 1.03. The Kier molecular flexibility index (Phi) is 6.54. The molecule has 0 spiro atoms. The number of hydrogen-bond donors (Lipinski definition) is 2. The molecule has 0 radical (unpaired) electrons. The zero-order valence-corrected chi connectivity index (χ0v) is 14.5. The molecule has 0 aliphatic heterocycles. The number of aryl methyl sites for hydroxylation is 1. The number of benzene rings is 2. The van der Waals surface area contributed by atoms with Crippen molar-refractivity contribution in [3.8, 4) is 11.5 Å². The van der Waals surface area contributed by atoms with E-state index >= 15 is 0 Å². The lowest BCUT2D eigenvalue weighted by Crippen LogP contribution is -2.36. The van der Waals surface area contributed by atoms with Crippen LogP contribution >= 0.6 is 0 Å². The van der Waals surface area contributed by atoms with Crippen LogP contribution in [0.4, 0.5) is 4.39 Å². The maximum atomic E-state index is 13.8. The Morgan fingerprint density at radius 3 is 2.54 bits per heavy atom. The molecule has 0 aliphatic rings. The Morgan fingerprint density at radius 1 is 1.19 bits per heavy atom. The van der Waals surface area contributed by atoms with Crippen molar-refractivity contribution in [3.05, 3.63) is 59.4 Å². The van der Waals surface area contributed by atoms with Crippen molar-refractivity contribution in [2.24, 2.45) is 0 Å². The molecule has 2 aromatic carbocycles. The Labute approximate surface area is 150 Å². The first-order valence-electron chi connectivity index (χ1n) is 8.02. The van der Waals surface area contributed by atoms with E-state index in [0.29, 0.717) is 5.75 Å². The minimum atomic E-state index is -1.40. The van der Waals surface area contributed by atoms with Gasteiger partial charge in [0.2, 0.25) is 0 Å². The van der Waals surface area contributed by atoms with Gasteiger partial charge in [-0.15, -0.1) is 0 Å². The van der Waals surface area contributed by atoms with Gasteiger partial charge < -0.3 is 19.9 Å². The second kappa shape index (κ2) is 8.84. The Balaban J connectivity index is 2.06. The largest absolute Gasteiger partial charge is 0.494 e. The van der Waals surface area contributed by atoms with Gasteiger partial charge in [0.15, 0.2) is 24.2 Å². The van der Waals surface area contributed by atoms with Crippen LogP contribution < -0.4 is 14.8 Å². The molecule has 2 aromatic rings. The highest BCUT2D eigenvalue weighted by molar-refractivity contribution is 5.85. The molecular weight excluding hydrogens is 341 g/mol. The van der Waals surface area contributed by atoms with E-state index in [1.54, 1.807) is 12.1 Å². The number of rotatable bonds is 8. The first-order chi connectivity index (χ1) is 12.5. The highest BCUT2D eigenvalue weighted by Gasteiger charge is 2.23. The van der Waals surface area contributed by atoms with Gasteiger partial charge in [-0.2, -0.15) is 0 Å². The lowest BCUT2D eigenvalue weighted by Gasteiger charge is -2.16. The summed E-state index contributed by atoms with van der Waals surface area (Å²) >= 11 is 0. The molecule has 0 fully saturated rings. The van der Waals surface area contributed by atoms with Crippen LogP contribution in [0.2, 0.25) is 0 Å². The van der Waals surface area contributed by atoms with E-state index in [0.717, 1.165) is 18.1 Å². The van der Waals surface area contributed by atoms with E-state index < -0.39 is 23.7 Å². The second-order valence-electron chi connectivity index (χ2n) is 5.48. The molecular formula is C19H20FNO5. The number of carbonyl (C=O) groups excluding carboxylic acids is 1. The molecule has 0 bridgehead atoms. The summed E-state index contributed by atoms with van der Waals surface area (Å²) in [7, 11) is 1.31. The van der Waals surface area contributed by atoms with Crippen molar-refractivity contribution in [2.45, 2.75) is 19.4 Å². The molecule has 0 saturated heterocycles. The predicted molar refractivity (Wildman–Crippen MR) is 92.8 cm³/mol. The van der Waals surface area contributed by atoms with Gasteiger partial charge in [0, 0.05) is 0 Å². The third-order valence-corrected chi connectivity index (χ3v) is 3.77. The Bertz CT molecular complexity index is 793. The fourth-order valence-corrected chi connectivity index (χ4v) is 2.43. The standard InChI is InChI=1S/C19H20FNO5/c1-3-12-6-4-5-7-15(12)26-11-17(22)21-18(19(23)24)13-8-9-16(25-2)14(20)10-13/h4-10,18H,3,11H2,1-2H3,(H,21,22)(H,23,24). The number of hydrogen-bond acceptors (Lipinski definition) is 4. The Hall–Kier alpha value is -3.09. The number of carboxylic acid groups (broad SMARTS) is 1. The summed E-state index contributed by atoms with van der Waals surface area (Å²) in [5.74, 6) is -2.09. The van der Waals surface area contributed by atoms with Crippen molar-refractivity contribution in [2.75, 3.05) is 13.7 Å². The van der Waals surface area contributed by atoms with E-state index in [4.69, 9.17) is 9.47 Å². The molecule has 0 aliphatic carbocycles. The molecule has 1 amide bonds. The van der Waals surface area contributed by atoms with Gasteiger partial charge in [0.1, 0.15) is 5.75 Å². The number of ether oxygens (including phenoxy) is 2. The van der Waals surface area contributed by atoms with Crippen LogP contribution in [0, 0.1) is 5.82 Å². The topological polar surface area (TPSA) is 84.9 Å². The van der Waals surface area contributed by atoms with Crippen molar-refractivity contribution in [1.29, 1.82) is 0 Å². The lowest BCUT2D eigenvalue weighted by molar-refractivity contribution is -0.142. The number of para-hydroxylation sites is 1. The molecule has 7 heteroatoms. The quantitative estimate of drug-likeness (QED) is 0.755. The summed E-state index contributed by atoms with van der Waals surface area (Å²) in [5, 5.41) is 11.7. The molecule has 0 aromatic heterocycles. The maximum Gasteiger partial charge on any atom is 0.330 e. The summed E-state index contributed by atoms with van der Waals surface area (Å²) < 4.78 is 24.1. The molecule has 2 rings (SSSR count). The van der Waals surface area contributed by atoms with Gasteiger partial charge in [0.05, 0.1) is 7.11 Å². The third kappa shape index (κ3) is 4.72. The lowest BCUT2D eigenvalue weighted by atomic mass is 10.1. The fraction of sp³-hybridized carbons (Fsp3) is 0.263. The molecule has 0 saturated carbocycles. The normalized spacial score (nSPS) is 11.5. The van der Waals surface area contributed by atoms with Crippen molar-refractivity contribution >= 4 is 11.9 Å². The van der Waals surface area contributed by atoms with Crippen LogP contribution in [0.1, 0.15) is 24.1 Å². The molecule has 2 N–H and O–H groups in total.